The van der Waals surface area contributed by atoms with Crippen LogP contribution in [0.1, 0.15) is 19.3 Å². The highest BCUT2D eigenvalue weighted by Gasteiger charge is 2.41. The molecule has 1 aromatic rings. The van der Waals surface area contributed by atoms with Gasteiger partial charge in [0.2, 0.25) is 0 Å². The lowest BCUT2D eigenvalue weighted by molar-refractivity contribution is -0.133. The summed E-state index contributed by atoms with van der Waals surface area (Å²) in [4.78, 5) is 13.8. The number of nitrogens with zero attached hydrogens (tertiary/aromatic N) is 1. The van der Waals surface area contributed by atoms with Gasteiger partial charge in [-0.15, -0.1) is 0 Å². The Bertz CT molecular complexity index is 445. The molecule has 0 aromatic heterocycles. The first-order chi connectivity index (χ1) is 8.25. The molecule has 3 rings (SSSR count). The summed E-state index contributed by atoms with van der Waals surface area (Å²) in [5.41, 5.74) is 0. The van der Waals surface area contributed by atoms with Crippen LogP contribution in [0, 0.1) is 5.82 Å². The summed E-state index contributed by atoms with van der Waals surface area (Å²) in [6.07, 6.45) is 2.34. The van der Waals surface area contributed by atoms with E-state index in [1.165, 1.54) is 6.07 Å². The number of amides is 1. The summed E-state index contributed by atoms with van der Waals surface area (Å²) in [5.74, 6) is -0.232. The van der Waals surface area contributed by atoms with Crippen LogP contribution in [0.5, 0.6) is 5.75 Å². The summed E-state index contributed by atoms with van der Waals surface area (Å²) >= 11 is 0. The third-order valence-electron chi connectivity index (χ3n) is 3.28. The first-order valence-corrected chi connectivity index (χ1v) is 5.97. The Hall–Kier alpha value is -1.58. The van der Waals surface area contributed by atoms with Crippen molar-refractivity contribution >= 4 is 5.91 Å². The Balaban J connectivity index is 1.70. The first-order valence-electron chi connectivity index (χ1n) is 5.97. The van der Waals surface area contributed by atoms with Crippen LogP contribution in [0.25, 0.3) is 0 Å². The molecule has 17 heavy (non-hydrogen) atoms. The molecule has 1 aliphatic heterocycles. The van der Waals surface area contributed by atoms with E-state index >= 15 is 0 Å². The van der Waals surface area contributed by atoms with Gasteiger partial charge in [-0.1, -0.05) is 12.1 Å². The Labute approximate surface area is 99.2 Å². The summed E-state index contributed by atoms with van der Waals surface area (Å²) in [5, 5.41) is 0. The van der Waals surface area contributed by atoms with Gasteiger partial charge in [-0.25, -0.2) is 4.39 Å². The van der Waals surface area contributed by atoms with E-state index in [-0.39, 0.29) is 11.7 Å². The van der Waals surface area contributed by atoms with Crippen LogP contribution in [0.3, 0.4) is 0 Å². The molecule has 0 bridgehead atoms. The minimum absolute atomic E-state index is 0.00996. The number of hydrogen-bond donors (Lipinski definition) is 0. The van der Waals surface area contributed by atoms with Crippen LogP contribution < -0.4 is 4.74 Å². The molecule has 0 spiro atoms. The van der Waals surface area contributed by atoms with E-state index < -0.39 is 11.9 Å². The molecule has 90 valence electrons. The average Bonchev–Trinajstić information content (AvgIpc) is 3.09. The van der Waals surface area contributed by atoms with E-state index in [4.69, 9.17) is 4.74 Å². The quantitative estimate of drug-likeness (QED) is 0.801. The summed E-state index contributed by atoms with van der Waals surface area (Å²) in [6, 6.07) is 6.62. The summed E-state index contributed by atoms with van der Waals surface area (Å²) in [7, 11) is 0. The number of ether oxygens (including phenoxy) is 1. The van der Waals surface area contributed by atoms with Crippen LogP contribution >= 0.6 is 0 Å². The predicted molar refractivity (Wildman–Crippen MR) is 60.2 cm³/mol. The summed E-state index contributed by atoms with van der Waals surface area (Å²) < 4.78 is 18.8. The second-order valence-corrected chi connectivity index (χ2v) is 4.59. The Kier molecular flexibility index (Phi) is 2.50. The first kappa shape index (κ1) is 10.6. The lowest BCUT2D eigenvalue weighted by Gasteiger charge is -2.16. The van der Waals surface area contributed by atoms with Crippen molar-refractivity contribution in [2.75, 3.05) is 6.54 Å². The molecule has 1 aliphatic carbocycles. The highest BCUT2D eigenvalue weighted by atomic mass is 19.1. The average molecular weight is 235 g/mol. The van der Waals surface area contributed by atoms with E-state index in [0.717, 1.165) is 19.4 Å². The van der Waals surface area contributed by atoms with Crippen molar-refractivity contribution in [2.24, 2.45) is 0 Å². The van der Waals surface area contributed by atoms with Gasteiger partial charge in [-0.05, 0) is 25.0 Å². The van der Waals surface area contributed by atoms with Crippen molar-refractivity contribution in [3.05, 3.63) is 30.1 Å². The second-order valence-electron chi connectivity index (χ2n) is 4.59. The van der Waals surface area contributed by atoms with Gasteiger partial charge in [-0.2, -0.15) is 0 Å². The molecule has 3 nitrogen and oxygen atoms in total. The highest BCUT2D eigenvalue weighted by molar-refractivity contribution is 5.84. The lowest BCUT2D eigenvalue weighted by Crippen LogP contribution is -2.33. The van der Waals surface area contributed by atoms with E-state index in [1.54, 1.807) is 18.2 Å². The fraction of sp³-hybridized carbons (Fsp3) is 0.462. The maximum Gasteiger partial charge on any atom is 0.263 e. The van der Waals surface area contributed by atoms with Crippen molar-refractivity contribution in [2.45, 2.75) is 31.4 Å². The van der Waals surface area contributed by atoms with Gasteiger partial charge in [0.05, 0.1) is 0 Å². The number of para-hydroxylation sites is 1. The molecule has 2 aliphatic rings. The topological polar surface area (TPSA) is 29.5 Å². The van der Waals surface area contributed by atoms with Crippen LogP contribution in [0.4, 0.5) is 4.39 Å². The van der Waals surface area contributed by atoms with Gasteiger partial charge in [0.25, 0.3) is 5.91 Å². The zero-order chi connectivity index (χ0) is 11.8. The number of carbonyl (C=O) groups is 1. The second kappa shape index (κ2) is 4.02. The largest absolute Gasteiger partial charge is 0.477 e. The maximum absolute atomic E-state index is 13.4. The fourth-order valence-corrected chi connectivity index (χ4v) is 2.23. The number of rotatable bonds is 3. The molecule has 1 aromatic carbocycles. The Morgan fingerprint density at radius 3 is 2.71 bits per heavy atom. The van der Waals surface area contributed by atoms with Gasteiger partial charge < -0.3 is 9.64 Å². The minimum atomic E-state index is -0.507. The standard InChI is InChI=1S/C13H14FNO2/c14-10-3-1-2-4-11(10)17-12-7-8-15(13(12)16)9-5-6-9/h1-4,9,12H,5-8H2. The monoisotopic (exact) mass is 235 g/mol. The zero-order valence-corrected chi connectivity index (χ0v) is 9.43. The van der Waals surface area contributed by atoms with Crippen LogP contribution in [0.15, 0.2) is 24.3 Å². The normalized spacial score (nSPS) is 24.2. The molecule has 1 amide bonds. The van der Waals surface area contributed by atoms with Crippen molar-refractivity contribution < 1.29 is 13.9 Å². The molecular weight excluding hydrogens is 221 g/mol. The number of halogens is 1. The molecule has 1 atom stereocenters. The molecule has 1 saturated heterocycles. The van der Waals surface area contributed by atoms with Crippen LogP contribution in [0.2, 0.25) is 0 Å². The van der Waals surface area contributed by atoms with Crippen LogP contribution in [-0.2, 0) is 4.79 Å². The van der Waals surface area contributed by atoms with E-state index in [1.807, 2.05) is 4.90 Å². The fourth-order valence-electron chi connectivity index (χ4n) is 2.23. The number of likely N-dealkylation sites (tertiary alicyclic amines) is 1. The van der Waals surface area contributed by atoms with Gasteiger partial charge in [-0.3, -0.25) is 4.79 Å². The van der Waals surface area contributed by atoms with Gasteiger partial charge in [0.15, 0.2) is 17.7 Å². The minimum Gasteiger partial charge on any atom is -0.477 e. The molecule has 2 fully saturated rings. The van der Waals surface area contributed by atoms with E-state index in [9.17, 15) is 9.18 Å². The molecule has 0 radical (unpaired) electrons. The van der Waals surface area contributed by atoms with Crippen molar-refractivity contribution in [1.29, 1.82) is 0 Å². The van der Waals surface area contributed by atoms with E-state index in [2.05, 4.69) is 0 Å². The SMILES string of the molecule is O=C1C(Oc2ccccc2F)CCN1C1CC1. The smallest absolute Gasteiger partial charge is 0.263 e. The molecule has 1 unspecified atom stereocenters. The van der Waals surface area contributed by atoms with Crippen molar-refractivity contribution in [3.63, 3.8) is 0 Å². The number of benzene rings is 1. The van der Waals surface area contributed by atoms with E-state index in [0.29, 0.717) is 12.5 Å². The van der Waals surface area contributed by atoms with Crippen molar-refractivity contribution in [3.8, 4) is 5.75 Å². The lowest BCUT2D eigenvalue weighted by atomic mass is 10.3. The highest BCUT2D eigenvalue weighted by Crippen LogP contribution is 2.32. The Morgan fingerprint density at radius 2 is 2.00 bits per heavy atom. The van der Waals surface area contributed by atoms with Crippen LogP contribution in [-0.4, -0.2) is 29.5 Å². The zero-order valence-electron chi connectivity index (χ0n) is 9.43. The van der Waals surface area contributed by atoms with Gasteiger partial charge in [0, 0.05) is 19.0 Å². The molecule has 1 saturated carbocycles. The molecule has 0 N–H and O–H groups in total. The molecule has 4 heteroatoms. The predicted octanol–water partition coefficient (Wildman–Crippen LogP) is 1.97. The van der Waals surface area contributed by atoms with Gasteiger partial charge in [0.1, 0.15) is 0 Å². The Morgan fingerprint density at radius 1 is 1.24 bits per heavy atom. The van der Waals surface area contributed by atoms with Crippen molar-refractivity contribution in [1.82, 2.24) is 4.90 Å². The third-order valence-corrected chi connectivity index (χ3v) is 3.28. The molecular formula is C13H14FNO2. The summed E-state index contributed by atoms with van der Waals surface area (Å²) in [6.45, 7) is 0.739. The number of carbonyl (C=O) groups excluding carboxylic acids is 1. The number of hydrogen-bond acceptors (Lipinski definition) is 2. The molecule has 1 heterocycles. The maximum atomic E-state index is 13.4. The van der Waals surface area contributed by atoms with Gasteiger partial charge >= 0.3 is 0 Å². The third kappa shape index (κ3) is 1.99.